The molecule has 0 amide bonds. The summed E-state index contributed by atoms with van der Waals surface area (Å²) in [5.41, 5.74) is 0. The van der Waals surface area contributed by atoms with Gasteiger partial charge in [-0.25, -0.2) is 0 Å². The molecule has 0 bridgehead atoms. The van der Waals surface area contributed by atoms with Gasteiger partial charge in [0.25, 0.3) is 0 Å². The van der Waals surface area contributed by atoms with E-state index < -0.39 is 0 Å². The minimum Gasteiger partial charge on any atom is -1.00 e. The minimum atomic E-state index is 0. The summed E-state index contributed by atoms with van der Waals surface area (Å²) in [6.07, 6.45) is 0. The predicted molar refractivity (Wildman–Crippen MR) is 58.5 cm³/mol. The standard InChI is InChI=1S/C8H9BrS.Mg.2H/c1-2-10-8-5-3-7(9)4-6-8;;;/h3-6H,2H2,1H3;;;/q;+2;2*-1. The number of rotatable bonds is 2. The Labute approximate surface area is 99.4 Å². The van der Waals surface area contributed by atoms with Crippen molar-refractivity contribution in [2.24, 2.45) is 0 Å². The van der Waals surface area contributed by atoms with Crippen LogP contribution < -0.4 is 0 Å². The fraction of sp³-hybridized carbons (Fsp3) is 0.250. The van der Waals surface area contributed by atoms with Gasteiger partial charge in [0, 0.05) is 9.37 Å². The zero-order valence-electron chi connectivity index (χ0n) is 8.51. The number of thioether (sulfide) groups is 1. The largest absolute Gasteiger partial charge is 2.00 e. The van der Waals surface area contributed by atoms with Crippen molar-refractivity contribution in [1.82, 2.24) is 0 Å². The summed E-state index contributed by atoms with van der Waals surface area (Å²) in [5, 5.41) is 0. The van der Waals surface area contributed by atoms with Crippen LogP contribution in [0.15, 0.2) is 33.6 Å². The molecule has 0 atom stereocenters. The molecule has 58 valence electrons. The molecule has 0 radical (unpaired) electrons. The average Bonchev–Trinajstić information content (AvgIpc) is 1.95. The van der Waals surface area contributed by atoms with Gasteiger partial charge >= 0.3 is 23.1 Å². The maximum atomic E-state index is 3.39. The number of halogens is 1. The summed E-state index contributed by atoms with van der Waals surface area (Å²) in [6.45, 7) is 2.16. The van der Waals surface area contributed by atoms with Gasteiger partial charge in [-0.1, -0.05) is 22.9 Å². The van der Waals surface area contributed by atoms with Crippen molar-refractivity contribution in [2.45, 2.75) is 11.8 Å². The Morgan fingerprint density at radius 2 is 1.91 bits per heavy atom. The first-order valence-electron chi connectivity index (χ1n) is 3.21. The third-order valence-corrected chi connectivity index (χ3v) is 2.55. The van der Waals surface area contributed by atoms with Crippen LogP contribution in [0.5, 0.6) is 0 Å². The van der Waals surface area contributed by atoms with Gasteiger partial charge < -0.3 is 2.85 Å². The summed E-state index contributed by atoms with van der Waals surface area (Å²) < 4.78 is 1.15. The molecule has 0 N–H and O–H groups in total. The SMILES string of the molecule is CCSc1ccc(Br)cc1.[H-].[H-].[Mg+2]. The van der Waals surface area contributed by atoms with E-state index in [1.54, 1.807) is 0 Å². The van der Waals surface area contributed by atoms with Crippen LogP contribution in [0.25, 0.3) is 0 Å². The van der Waals surface area contributed by atoms with Crippen LogP contribution in [0.2, 0.25) is 0 Å². The van der Waals surface area contributed by atoms with Crippen LogP contribution in [0, 0.1) is 0 Å². The van der Waals surface area contributed by atoms with Crippen LogP contribution in [0.1, 0.15) is 9.78 Å². The monoisotopic (exact) mass is 242 g/mol. The average molecular weight is 243 g/mol. The normalized spacial score (nSPS) is 8.91. The van der Waals surface area contributed by atoms with E-state index in [1.165, 1.54) is 4.90 Å². The first-order chi connectivity index (χ1) is 4.83. The van der Waals surface area contributed by atoms with E-state index in [9.17, 15) is 0 Å². The molecule has 0 saturated heterocycles. The minimum absolute atomic E-state index is 0. The summed E-state index contributed by atoms with van der Waals surface area (Å²) >= 11 is 5.25. The molecule has 0 aromatic heterocycles. The van der Waals surface area contributed by atoms with Crippen molar-refractivity contribution in [2.75, 3.05) is 5.75 Å². The van der Waals surface area contributed by atoms with Crippen LogP contribution in [0.4, 0.5) is 0 Å². The Bertz CT molecular complexity index is 206. The van der Waals surface area contributed by atoms with Gasteiger partial charge in [-0.15, -0.1) is 11.8 Å². The van der Waals surface area contributed by atoms with E-state index in [0.29, 0.717) is 0 Å². The summed E-state index contributed by atoms with van der Waals surface area (Å²) in [6, 6.07) is 8.38. The molecule has 0 aliphatic carbocycles. The molecule has 0 aliphatic heterocycles. The summed E-state index contributed by atoms with van der Waals surface area (Å²) in [5.74, 6) is 1.14. The second-order valence-electron chi connectivity index (χ2n) is 1.89. The molecule has 0 aliphatic rings. The fourth-order valence-corrected chi connectivity index (χ4v) is 1.62. The molecule has 0 saturated carbocycles. The number of hydrogen-bond acceptors (Lipinski definition) is 1. The van der Waals surface area contributed by atoms with Crippen molar-refractivity contribution in [3.8, 4) is 0 Å². The molecule has 11 heavy (non-hydrogen) atoms. The van der Waals surface area contributed by atoms with E-state index in [4.69, 9.17) is 0 Å². The maximum Gasteiger partial charge on any atom is 2.00 e. The van der Waals surface area contributed by atoms with Crippen molar-refractivity contribution >= 4 is 50.7 Å². The van der Waals surface area contributed by atoms with Gasteiger partial charge in [0.1, 0.15) is 0 Å². The number of benzene rings is 1. The third kappa shape index (κ3) is 4.40. The molecule has 0 nitrogen and oxygen atoms in total. The molecular weight excluding hydrogens is 232 g/mol. The molecule has 0 heterocycles. The zero-order chi connectivity index (χ0) is 7.40. The second-order valence-corrected chi connectivity index (χ2v) is 4.14. The Morgan fingerprint density at radius 3 is 2.36 bits per heavy atom. The summed E-state index contributed by atoms with van der Waals surface area (Å²) in [4.78, 5) is 1.34. The van der Waals surface area contributed by atoms with Gasteiger partial charge in [0.05, 0.1) is 0 Å². The Hall–Kier alpha value is 0.816. The van der Waals surface area contributed by atoms with Crippen LogP contribution in [-0.4, -0.2) is 28.8 Å². The van der Waals surface area contributed by atoms with Crippen LogP contribution in [-0.2, 0) is 0 Å². The van der Waals surface area contributed by atoms with E-state index in [-0.39, 0.29) is 25.9 Å². The Kier molecular flexibility index (Phi) is 6.82. The van der Waals surface area contributed by atoms with Crippen LogP contribution >= 0.6 is 27.7 Å². The number of hydrogen-bond donors (Lipinski definition) is 0. The third-order valence-electron chi connectivity index (χ3n) is 1.12. The molecule has 0 fully saturated rings. The van der Waals surface area contributed by atoms with Crippen molar-refractivity contribution in [1.29, 1.82) is 0 Å². The Balaban J connectivity index is -0.000000333. The van der Waals surface area contributed by atoms with Gasteiger partial charge in [0.2, 0.25) is 0 Å². The molecule has 1 aromatic rings. The van der Waals surface area contributed by atoms with Gasteiger partial charge in [-0.2, -0.15) is 0 Å². The molecular formula is C8H11BrMgS. The smallest absolute Gasteiger partial charge is 1.00 e. The Morgan fingerprint density at radius 1 is 1.36 bits per heavy atom. The van der Waals surface area contributed by atoms with Gasteiger partial charge in [0.15, 0.2) is 0 Å². The molecule has 1 rings (SSSR count). The predicted octanol–water partition coefficient (Wildman–Crippen LogP) is 3.41. The van der Waals surface area contributed by atoms with E-state index in [2.05, 4.69) is 47.1 Å². The topological polar surface area (TPSA) is 0 Å². The molecule has 0 spiro atoms. The molecule has 3 heteroatoms. The van der Waals surface area contributed by atoms with Gasteiger partial charge in [-0.3, -0.25) is 0 Å². The van der Waals surface area contributed by atoms with Gasteiger partial charge in [-0.05, 0) is 30.0 Å². The van der Waals surface area contributed by atoms with Crippen molar-refractivity contribution < 1.29 is 2.85 Å². The molecule has 0 unspecified atom stereocenters. The summed E-state index contributed by atoms with van der Waals surface area (Å²) in [7, 11) is 0. The van der Waals surface area contributed by atoms with E-state index in [0.717, 1.165) is 10.2 Å². The first-order valence-corrected chi connectivity index (χ1v) is 4.99. The van der Waals surface area contributed by atoms with Crippen LogP contribution in [0.3, 0.4) is 0 Å². The first kappa shape index (κ1) is 11.8. The molecule has 1 aromatic carbocycles. The quantitative estimate of drug-likeness (QED) is 0.567. The fourth-order valence-electron chi connectivity index (χ4n) is 0.697. The van der Waals surface area contributed by atoms with Crippen molar-refractivity contribution in [3.63, 3.8) is 0 Å². The van der Waals surface area contributed by atoms with E-state index in [1.807, 2.05) is 11.8 Å². The van der Waals surface area contributed by atoms with E-state index >= 15 is 0 Å². The maximum absolute atomic E-state index is 3.39. The zero-order valence-corrected chi connectivity index (χ0v) is 10.3. The van der Waals surface area contributed by atoms with Crippen molar-refractivity contribution in [3.05, 3.63) is 28.7 Å². The second kappa shape index (κ2) is 6.35.